The Morgan fingerprint density at radius 3 is 2.42 bits per heavy atom. The second kappa shape index (κ2) is 9.24. The molecule has 2 aromatic rings. The number of nitrogens with zero attached hydrogens (tertiary/aromatic N) is 1. The third kappa shape index (κ3) is 5.77. The van der Waals surface area contributed by atoms with Gasteiger partial charge in [0.2, 0.25) is 0 Å². The molecule has 0 aliphatic carbocycles. The highest BCUT2D eigenvalue weighted by atomic mass is 19.4. The van der Waals surface area contributed by atoms with Crippen molar-refractivity contribution < 1.29 is 17.9 Å². The maximum atomic E-state index is 12.8. The van der Waals surface area contributed by atoms with Crippen LogP contribution in [0.4, 0.5) is 13.2 Å². The molecule has 1 unspecified atom stereocenters. The van der Waals surface area contributed by atoms with Crippen LogP contribution in [0, 0.1) is 0 Å². The minimum Gasteiger partial charge on any atom is -0.375 e. The van der Waals surface area contributed by atoms with Crippen LogP contribution in [0.25, 0.3) is 0 Å². The highest BCUT2D eigenvalue weighted by Gasteiger charge is 2.30. The largest absolute Gasteiger partial charge is 0.416 e. The Balaban J connectivity index is 1.92. The van der Waals surface area contributed by atoms with Crippen molar-refractivity contribution in [2.24, 2.45) is 4.99 Å². The van der Waals surface area contributed by atoms with Crippen molar-refractivity contribution in [2.75, 3.05) is 20.7 Å². The molecule has 0 aliphatic rings. The monoisotopic (exact) mass is 365 g/mol. The van der Waals surface area contributed by atoms with E-state index in [9.17, 15) is 13.2 Å². The van der Waals surface area contributed by atoms with Gasteiger partial charge in [-0.2, -0.15) is 13.2 Å². The average molecular weight is 365 g/mol. The van der Waals surface area contributed by atoms with Gasteiger partial charge in [-0.3, -0.25) is 4.99 Å². The quantitative estimate of drug-likeness (QED) is 0.605. The minimum absolute atomic E-state index is 0.164. The maximum absolute atomic E-state index is 12.8. The van der Waals surface area contributed by atoms with Gasteiger partial charge in [-0.05, 0) is 23.3 Å². The smallest absolute Gasteiger partial charge is 0.375 e. The summed E-state index contributed by atoms with van der Waals surface area (Å²) < 4.78 is 43.8. The van der Waals surface area contributed by atoms with Crippen LogP contribution in [0.5, 0.6) is 0 Å². The van der Waals surface area contributed by atoms with Gasteiger partial charge in [0.1, 0.15) is 0 Å². The predicted molar refractivity (Wildman–Crippen MR) is 95.8 cm³/mol. The number of ether oxygens (including phenoxy) is 1. The Bertz CT molecular complexity index is 717. The van der Waals surface area contributed by atoms with Crippen LogP contribution in [0.3, 0.4) is 0 Å². The van der Waals surface area contributed by atoms with E-state index in [1.165, 1.54) is 6.07 Å². The van der Waals surface area contributed by atoms with Gasteiger partial charge in [-0.25, -0.2) is 0 Å². The zero-order valence-corrected chi connectivity index (χ0v) is 14.7. The second-order valence-electron chi connectivity index (χ2n) is 5.64. The van der Waals surface area contributed by atoms with Gasteiger partial charge in [-0.1, -0.05) is 42.5 Å². The molecule has 0 fully saturated rings. The van der Waals surface area contributed by atoms with Crippen LogP contribution in [0.1, 0.15) is 22.8 Å². The first kappa shape index (κ1) is 19.8. The van der Waals surface area contributed by atoms with E-state index in [1.54, 1.807) is 20.2 Å². The molecule has 0 saturated carbocycles. The molecule has 0 aromatic heterocycles. The first-order valence-corrected chi connectivity index (χ1v) is 8.12. The van der Waals surface area contributed by atoms with E-state index in [2.05, 4.69) is 15.6 Å². The maximum Gasteiger partial charge on any atom is 0.416 e. The van der Waals surface area contributed by atoms with E-state index >= 15 is 0 Å². The number of alkyl halides is 3. The summed E-state index contributed by atoms with van der Waals surface area (Å²) >= 11 is 0. The zero-order chi connectivity index (χ0) is 19.0. The van der Waals surface area contributed by atoms with E-state index in [4.69, 9.17) is 4.74 Å². The van der Waals surface area contributed by atoms with Crippen LogP contribution in [-0.4, -0.2) is 26.7 Å². The van der Waals surface area contributed by atoms with E-state index in [0.717, 1.165) is 17.7 Å². The molecule has 26 heavy (non-hydrogen) atoms. The fourth-order valence-corrected chi connectivity index (χ4v) is 2.46. The lowest BCUT2D eigenvalue weighted by molar-refractivity contribution is -0.137. The van der Waals surface area contributed by atoms with Gasteiger partial charge < -0.3 is 15.4 Å². The predicted octanol–water partition coefficient (Wildman–Crippen LogP) is 3.76. The summed E-state index contributed by atoms with van der Waals surface area (Å²) in [6.45, 7) is 0.704. The molecule has 0 radical (unpaired) electrons. The van der Waals surface area contributed by atoms with Crippen LogP contribution in [0.15, 0.2) is 59.6 Å². The van der Waals surface area contributed by atoms with Crippen LogP contribution < -0.4 is 10.6 Å². The third-order valence-electron chi connectivity index (χ3n) is 3.85. The van der Waals surface area contributed by atoms with Crippen LogP contribution in [-0.2, 0) is 17.5 Å². The topological polar surface area (TPSA) is 45.7 Å². The lowest BCUT2D eigenvalue weighted by Gasteiger charge is -2.19. The summed E-state index contributed by atoms with van der Waals surface area (Å²) in [5.41, 5.74) is 0.883. The Morgan fingerprint density at radius 1 is 1.08 bits per heavy atom. The van der Waals surface area contributed by atoms with Crippen LogP contribution in [0.2, 0.25) is 0 Å². The molecular weight excluding hydrogens is 343 g/mol. The Morgan fingerprint density at radius 2 is 1.81 bits per heavy atom. The molecule has 0 amide bonds. The fraction of sp³-hybridized carbons (Fsp3) is 0.316. The van der Waals surface area contributed by atoms with E-state index < -0.39 is 11.7 Å². The zero-order valence-electron chi connectivity index (χ0n) is 14.7. The van der Waals surface area contributed by atoms with E-state index in [-0.39, 0.29) is 12.6 Å². The van der Waals surface area contributed by atoms with Crippen LogP contribution >= 0.6 is 0 Å². The number of methoxy groups -OCH3 is 1. The first-order valence-electron chi connectivity index (χ1n) is 8.12. The molecule has 7 heteroatoms. The van der Waals surface area contributed by atoms with Gasteiger partial charge in [0.25, 0.3) is 0 Å². The van der Waals surface area contributed by atoms with Crippen molar-refractivity contribution in [1.82, 2.24) is 10.6 Å². The summed E-state index contributed by atoms with van der Waals surface area (Å²) in [5, 5.41) is 6.14. The number of halogens is 3. The fourth-order valence-electron chi connectivity index (χ4n) is 2.46. The summed E-state index contributed by atoms with van der Waals surface area (Å²) in [6.07, 6.45) is -4.51. The lowest BCUT2D eigenvalue weighted by atomic mass is 10.1. The molecule has 0 bridgehead atoms. The van der Waals surface area contributed by atoms with Gasteiger partial charge >= 0.3 is 6.18 Å². The highest BCUT2D eigenvalue weighted by molar-refractivity contribution is 5.79. The van der Waals surface area contributed by atoms with E-state index in [0.29, 0.717) is 18.1 Å². The second-order valence-corrected chi connectivity index (χ2v) is 5.64. The normalized spacial score (nSPS) is 13.3. The number of hydrogen-bond donors (Lipinski definition) is 2. The summed E-state index contributed by atoms with van der Waals surface area (Å²) in [5.74, 6) is 0.486. The van der Waals surface area contributed by atoms with Gasteiger partial charge in [0.15, 0.2) is 5.96 Å². The third-order valence-corrected chi connectivity index (χ3v) is 3.85. The lowest BCUT2D eigenvalue weighted by Crippen LogP contribution is -2.39. The number of guanidine groups is 1. The SMILES string of the molecule is CN=C(NCc1cccc(C(F)(F)F)c1)NCC(OC)c1ccccc1. The first-order chi connectivity index (χ1) is 12.4. The molecule has 0 saturated heterocycles. The average Bonchev–Trinajstić information content (AvgIpc) is 2.65. The summed E-state index contributed by atoms with van der Waals surface area (Å²) in [6, 6.07) is 14.9. The van der Waals surface area contributed by atoms with Crippen molar-refractivity contribution in [3.63, 3.8) is 0 Å². The molecular formula is C19H22F3N3O. The van der Waals surface area contributed by atoms with Crippen molar-refractivity contribution >= 4 is 5.96 Å². The number of aliphatic imine (C=N–C) groups is 1. The van der Waals surface area contributed by atoms with Gasteiger partial charge in [0, 0.05) is 27.2 Å². The Hall–Kier alpha value is -2.54. The molecule has 140 valence electrons. The molecule has 4 nitrogen and oxygen atoms in total. The molecule has 2 N–H and O–H groups in total. The van der Waals surface area contributed by atoms with Gasteiger partial charge in [0.05, 0.1) is 11.7 Å². The summed E-state index contributed by atoms with van der Waals surface area (Å²) in [4.78, 5) is 4.09. The van der Waals surface area contributed by atoms with Crippen molar-refractivity contribution in [3.05, 3.63) is 71.3 Å². The van der Waals surface area contributed by atoms with Crippen molar-refractivity contribution in [2.45, 2.75) is 18.8 Å². The number of nitrogens with one attached hydrogen (secondary N) is 2. The molecule has 0 aliphatic heterocycles. The van der Waals surface area contributed by atoms with Crippen molar-refractivity contribution in [3.8, 4) is 0 Å². The Labute approximate surface area is 151 Å². The standard InChI is InChI=1S/C19H22F3N3O/c1-23-18(25-13-17(26-2)15-8-4-3-5-9-15)24-12-14-7-6-10-16(11-14)19(20,21)22/h3-11,17H,12-13H2,1-2H3,(H2,23,24,25). The highest BCUT2D eigenvalue weighted by Crippen LogP contribution is 2.29. The van der Waals surface area contributed by atoms with Crippen molar-refractivity contribution in [1.29, 1.82) is 0 Å². The molecule has 2 aromatic carbocycles. The van der Waals surface area contributed by atoms with Gasteiger partial charge in [-0.15, -0.1) is 0 Å². The number of rotatable bonds is 6. The minimum atomic E-state index is -4.35. The number of benzene rings is 2. The molecule has 1 atom stereocenters. The summed E-state index contributed by atoms with van der Waals surface area (Å²) in [7, 11) is 3.23. The number of hydrogen-bond acceptors (Lipinski definition) is 2. The Kier molecular flexibility index (Phi) is 7.03. The molecule has 0 spiro atoms. The van der Waals surface area contributed by atoms with E-state index in [1.807, 2.05) is 30.3 Å². The molecule has 2 rings (SSSR count). The molecule has 0 heterocycles.